The average molecular weight is 370 g/mol. The van der Waals surface area contributed by atoms with Gasteiger partial charge in [0, 0.05) is 12.1 Å². The zero-order valence-corrected chi connectivity index (χ0v) is 15.1. The molecule has 27 heavy (non-hydrogen) atoms. The maximum atomic E-state index is 13.1. The van der Waals surface area contributed by atoms with E-state index in [9.17, 15) is 9.18 Å². The smallest absolute Gasteiger partial charge is 0.296 e. The Bertz CT molecular complexity index is 939. The minimum absolute atomic E-state index is 0.0624. The lowest BCUT2D eigenvalue weighted by molar-refractivity contribution is 0.0940. The van der Waals surface area contributed by atoms with Gasteiger partial charge in [0.2, 0.25) is 11.7 Å². The van der Waals surface area contributed by atoms with Crippen LogP contribution in [0.15, 0.2) is 52.1 Å². The molecule has 3 N–H and O–H groups in total. The Morgan fingerprint density at radius 3 is 2.59 bits per heavy atom. The maximum Gasteiger partial charge on any atom is 0.296 e. The molecule has 2 heterocycles. The van der Waals surface area contributed by atoms with Crippen LogP contribution in [0.1, 0.15) is 31.3 Å². The molecule has 140 valence electrons. The maximum absolute atomic E-state index is 13.1. The lowest BCUT2D eigenvalue weighted by atomic mass is 10.1. The molecular formula is C18H19FN6O2. The number of hydrogen-bond donors (Lipinski definition) is 3. The van der Waals surface area contributed by atoms with Gasteiger partial charge >= 0.3 is 0 Å². The number of aromatic amines is 1. The molecule has 2 aromatic heterocycles. The van der Waals surface area contributed by atoms with E-state index in [1.165, 1.54) is 24.4 Å². The first kappa shape index (κ1) is 18.3. The van der Waals surface area contributed by atoms with Crippen LogP contribution in [0, 0.1) is 5.82 Å². The highest BCUT2D eigenvalue weighted by atomic mass is 19.1. The number of H-pyrrole nitrogens is 1. The molecule has 1 aromatic carbocycles. The summed E-state index contributed by atoms with van der Waals surface area (Å²) in [4.78, 5) is 16.7. The van der Waals surface area contributed by atoms with Crippen LogP contribution >= 0.6 is 0 Å². The predicted octanol–water partition coefficient (Wildman–Crippen LogP) is 3.20. The Morgan fingerprint density at radius 2 is 1.96 bits per heavy atom. The van der Waals surface area contributed by atoms with Gasteiger partial charge in [-0.25, -0.2) is 9.38 Å². The SMILES string of the molecule is CC(C)(C)N=C(NC(=O)c1ccno1)Nc1cc(-c2ccc(F)cc2)[nH]n1. The van der Waals surface area contributed by atoms with Crippen LogP contribution in [0.25, 0.3) is 11.3 Å². The summed E-state index contributed by atoms with van der Waals surface area (Å²) in [5.74, 6) is -0.0904. The molecule has 1 amide bonds. The van der Waals surface area contributed by atoms with Crippen LogP contribution in [0.2, 0.25) is 0 Å². The zero-order valence-electron chi connectivity index (χ0n) is 15.1. The monoisotopic (exact) mass is 370 g/mol. The van der Waals surface area contributed by atoms with Crippen LogP contribution in [0.5, 0.6) is 0 Å². The van der Waals surface area contributed by atoms with Crippen molar-refractivity contribution in [1.82, 2.24) is 20.7 Å². The summed E-state index contributed by atoms with van der Waals surface area (Å²) in [5.41, 5.74) is 1.01. The summed E-state index contributed by atoms with van der Waals surface area (Å²) in [6.07, 6.45) is 1.38. The quantitative estimate of drug-likeness (QED) is 0.485. The van der Waals surface area contributed by atoms with E-state index >= 15 is 0 Å². The van der Waals surface area contributed by atoms with Gasteiger partial charge in [0.05, 0.1) is 17.4 Å². The number of halogens is 1. The Balaban J connectivity index is 1.79. The van der Waals surface area contributed by atoms with Gasteiger partial charge in [-0.15, -0.1) is 0 Å². The van der Waals surface area contributed by atoms with Crippen molar-refractivity contribution in [3.63, 3.8) is 0 Å². The summed E-state index contributed by atoms with van der Waals surface area (Å²) >= 11 is 0. The van der Waals surface area contributed by atoms with Gasteiger partial charge in [-0.05, 0) is 50.6 Å². The minimum atomic E-state index is -0.489. The van der Waals surface area contributed by atoms with Gasteiger partial charge < -0.3 is 9.84 Å². The van der Waals surface area contributed by atoms with Crippen LogP contribution in [0.3, 0.4) is 0 Å². The van der Waals surface area contributed by atoms with Crippen molar-refractivity contribution in [3.05, 3.63) is 54.2 Å². The molecule has 0 radical (unpaired) electrons. The largest absolute Gasteiger partial charge is 0.351 e. The summed E-state index contributed by atoms with van der Waals surface area (Å²) in [7, 11) is 0. The Kier molecular flexibility index (Phi) is 5.02. The number of benzene rings is 1. The normalized spacial score (nSPS) is 12.1. The molecule has 0 saturated carbocycles. The number of aromatic nitrogens is 3. The van der Waals surface area contributed by atoms with Crippen molar-refractivity contribution in [2.75, 3.05) is 5.32 Å². The molecule has 0 aliphatic heterocycles. The Hall–Kier alpha value is -3.49. The predicted molar refractivity (Wildman–Crippen MR) is 98.8 cm³/mol. The van der Waals surface area contributed by atoms with Crippen LogP contribution in [-0.2, 0) is 0 Å². The van der Waals surface area contributed by atoms with E-state index in [0.29, 0.717) is 11.5 Å². The van der Waals surface area contributed by atoms with Crippen LogP contribution in [0.4, 0.5) is 10.2 Å². The molecule has 0 spiro atoms. The summed E-state index contributed by atoms with van der Waals surface area (Å²) in [5, 5.41) is 16.1. The zero-order chi connectivity index (χ0) is 19.4. The first-order valence-corrected chi connectivity index (χ1v) is 8.20. The molecule has 0 bridgehead atoms. The molecule has 9 heteroatoms. The lowest BCUT2D eigenvalue weighted by Gasteiger charge is -2.16. The molecule has 3 rings (SSSR count). The fourth-order valence-corrected chi connectivity index (χ4v) is 2.21. The van der Waals surface area contributed by atoms with E-state index in [4.69, 9.17) is 4.52 Å². The summed E-state index contributed by atoms with van der Waals surface area (Å²) < 4.78 is 17.9. The number of anilines is 1. The molecule has 3 aromatic rings. The summed E-state index contributed by atoms with van der Waals surface area (Å²) in [6.45, 7) is 5.68. The second-order valence-electron chi connectivity index (χ2n) is 6.76. The van der Waals surface area contributed by atoms with E-state index in [2.05, 4.69) is 31.0 Å². The highest BCUT2D eigenvalue weighted by Gasteiger charge is 2.17. The molecule has 8 nitrogen and oxygen atoms in total. The Labute approximate surface area is 154 Å². The van der Waals surface area contributed by atoms with E-state index in [0.717, 1.165) is 5.56 Å². The summed E-state index contributed by atoms with van der Waals surface area (Å²) in [6, 6.07) is 9.20. The third-order valence-electron chi connectivity index (χ3n) is 3.32. The van der Waals surface area contributed by atoms with Crippen LogP contribution in [-0.4, -0.2) is 32.8 Å². The van der Waals surface area contributed by atoms with Gasteiger partial charge in [-0.1, -0.05) is 5.16 Å². The number of rotatable bonds is 3. The van der Waals surface area contributed by atoms with Gasteiger partial charge in [0.15, 0.2) is 5.82 Å². The number of hydrogen-bond acceptors (Lipinski definition) is 5. The number of aliphatic imine (C=N–C) groups is 1. The number of amides is 1. The number of guanidine groups is 1. The van der Waals surface area contributed by atoms with E-state index in [-0.39, 0.29) is 17.5 Å². The van der Waals surface area contributed by atoms with Crippen molar-refractivity contribution >= 4 is 17.7 Å². The number of carbonyl (C=O) groups excluding carboxylic acids is 1. The molecule has 0 fully saturated rings. The van der Waals surface area contributed by atoms with Crippen molar-refractivity contribution in [2.45, 2.75) is 26.3 Å². The lowest BCUT2D eigenvalue weighted by Crippen LogP contribution is -2.38. The van der Waals surface area contributed by atoms with E-state index in [1.807, 2.05) is 20.8 Å². The third-order valence-corrected chi connectivity index (χ3v) is 3.32. The molecule has 0 unspecified atom stereocenters. The van der Waals surface area contributed by atoms with E-state index < -0.39 is 11.4 Å². The second-order valence-corrected chi connectivity index (χ2v) is 6.76. The molecule has 0 atom stereocenters. The van der Waals surface area contributed by atoms with Crippen molar-refractivity contribution in [2.24, 2.45) is 4.99 Å². The highest BCUT2D eigenvalue weighted by molar-refractivity contribution is 6.08. The van der Waals surface area contributed by atoms with Gasteiger partial charge in [0.25, 0.3) is 5.91 Å². The van der Waals surface area contributed by atoms with Crippen molar-refractivity contribution < 1.29 is 13.7 Å². The molecular weight excluding hydrogens is 351 g/mol. The number of carbonyl (C=O) groups is 1. The average Bonchev–Trinajstić information content (AvgIpc) is 3.25. The topological polar surface area (TPSA) is 108 Å². The first-order chi connectivity index (χ1) is 12.8. The van der Waals surface area contributed by atoms with Gasteiger partial charge in [0.1, 0.15) is 5.82 Å². The van der Waals surface area contributed by atoms with Crippen molar-refractivity contribution in [1.29, 1.82) is 0 Å². The van der Waals surface area contributed by atoms with Gasteiger partial charge in [-0.3, -0.25) is 15.2 Å². The third kappa shape index (κ3) is 5.00. The fraction of sp³-hybridized carbons (Fsp3) is 0.222. The molecule has 0 saturated heterocycles. The fourth-order valence-electron chi connectivity index (χ4n) is 2.21. The van der Waals surface area contributed by atoms with Crippen LogP contribution < -0.4 is 10.6 Å². The number of nitrogens with zero attached hydrogens (tertiary/aromatic N) is 3. The van der Waals surface area contributed by atoms with Gasteiger partial charge in [-0.2, -0.15) is 5.10 Å². The number of nitrogens with one attached hydrogen (secondary N) is 3. The standard InChI is InChI=1S/C18H19FN6O2/c1-18(2,3)23-17(22-16(26)14-8-9-20-27-14)21-15-10-13(24-25-15)11-4-6-12(19)7-5-11/h4-10H,1-3H3,(H3,21,22,23,24,25,26). The minimum Gasteiger partial charge on any atom is -0.351 e. The first-order valence-electron chi connectivity index (χ1n) is 8.20. The molecule has 0 aliphatic carbocycles. The Morgan fingerprint density at radius 1 is 1.22 bits per heavy atom. The van der Waals surface area contributed by atoms with E-state index in [1.54, 1.807) is 18.2 Å². The second kappa shape index (κ2) is 7.40. The molecule has 0 aliphatic rings. The highest BCUT2D eigenvalue weighted by Crippen LogP contribution is 2.20. The van der Waals surface area contributed by atoms with Crippen molar-refractivity contribution in [3.8, 4) is 11.3 Å².